The van der Waals surface area contributed by atoms with E-state index in [1.54, 1.807) is 14.2 Å². The standard InChI is InChI=1S/C29H24O2/c1-19-26(31-3)17-16-24-27(19)29(21-12-8-5-9-13-21)23-15-14-22(30-2)18-25(23)28(24)20-10-6-4-7-11-20/h4-18H,1-3H3. The van der Waals surface area contributed by atoms with Gasteiger partial charge < -0.3 is 9.47 Å². The number of methoxy groups -OCH3 is 2. The van der Waals surface area contributed by atoms with Gasteiger partial charge in [-0.15, -0.1) is 0 Å². The molecule has 0 aliphatic heterocycles. The summed E-state index contributed by atoms with van der Waals surface area (Å²) in [4.78, 5) is 0. The molecule has 0 heterocycles. The van der Waals surface area contributed by atoms with Gasteiger partial charge in [-0.1, -0.05) is 72.8 Å². The zero-order valence-electron chi connectivity index (χ0n) is 18.0. The molecule has 0 amide bonds. The molecule has 5 aromatic carbocycles. The van der Waals surface area contributed by atoms with Crippen LogP contribution in [0.3, 0.4) is 0 Å². The summed E-state index contributed by atoms with van der Waals surface area (Å²) in [7, 11) is 3.46. The molecule has 0 fully saturated rings. The molecule has 5 aromatic rings. The zero-order chi connectivity index (χ0) is 21.4. The van der Waals surface area contributed by atoms with Crippen molar-refractivity contribution in [3.63, 3.8) is 0 Å². The van der Waals surface area contributed by atoms with Crippen molar-refractivity contribution in [3.8, 4) is 33.8 Å². The molecule has 2 heteroatoms. The Morgan fingerprint density at radius 2 is 1.16 bits per heavy atom. The molecular formula is C29H24O2. The Bertz CT molecular complexity index is 1390. The van der Waals surface area contributed by atoms with Gasteiger partial charge in [0.05, 0.1) is 14.2 Å². The summed E-state index contributed by atoms with van der Waals surface area (Å²) in [5, 5.41) is 4.82. The van der Waals surface area contributed by atoms with E-state index >= 15 is 0 Å². The van der Waals surface area contributed by atoms with E-state index in [1.165, 1.54) is 43.8 Å². The van der Waals surface area contributed by atoms with Crippen LogP contribution in [0.2, 0.25) is 0 Å². The van der Waals surface area contributed by atoms with Gasteiger partial charge in [0, 0.05) is 0 Å². The van der Waals surface area contributed by atoms with Crippen molar-refractivity contribution in [1.82, 2.24) is 0 Å². The summed E-state index contributed by atoms with van der Waals surface area (Å²) < 4.78 is 11.3. The molecule has 0 aliphatic carbocycles. The molecule has 31 heavy (non-hydrogen) atoms. The average molecular weight is 405 g/mol. The molecule has 0 unspecified atom stereocenters. The van der Waals surface area contributed by atoms with Crippen molar-refractivity contribution < 1.29 is 9.47 Å². The third-order valence-corrected chi connectivity index (χ3v) is 6.04. The minimum absolute atomic E-state index is 0.855. The Balaban J connectivity index is 2.07. The zero-order valence-corrected chi connectivity index (χ0v) is 18.0. The number of hydrogen-bond donors (Lipinski definition) is 0. The summed E-state index contributed by atoms with van der Waals surface area (Å²) in [5.74, 6) is 1.75. The van der Waals surface area contributed by atoms with Gasteiger partial charge >= 0.3 is 0 Å². The fourth-order valence-corrected chi connectivity index (χ4v) is 4.62. The Morgan fingerprint density at radius 1 is 0.548 bits per heavy atom. The summed E-state index contributed by atoms with van der Waals surface area (Å²) in [6, 6.07) is 31.8. The van der Waals surface area contributed by atoms with Crippen molar-refractivity contribution in [2.75, 3.05) is 14.2 Å². The number of hydrogen-bond acceptors (Lipinski definition) is 2. The SMILES string of the molecule is COc1ccc2c(-c3ccccc3)c3c(C)c(OC)ccc3c(-c3ccccc3)c2c1. The Hall–Kier alpha value is -3.78. The van der Waals surface area contributed by atoms with E-state index in [0.717, 1.165) is 17.1 Å². The Labute approximate surface area is 182 Å². The van der Waals surface area contributed by atoms with Crippen LogP contribution in [0.4, 0.5) is 0 Å². The van der Waals surface area contributed by atoms with Crippen LogP contribution in [0.25, 0.3) is 43.8 Å². The highest BCUT2D eigenvalue weighted by Gasteiger charge is 2.20. The second-order valence-corrected chi connectivity index (χ2v) is 7.71. The molecule has 0 radical (unpaired) electrons. The molecule has 0 N–H and O–H groups in total. The number of benzene rings is 5. The molecular weight excluding hydrogens is 380 g/mol. The molecule has 0 aromatic heterocycles. The fraction of sp³-hybridized carbons (Fsp3) is 0.103. The van der Waals surface area contributed by atoms with E-state index in [4.69, 9.17) is 9.47 Å². The van der Waals surface area contributed by atoms with Crippen LogP contribution >= 0.6 is 0 Å². The highest BCUT2D eigenvalue weighted by molar-refractivity contribution is 6.22. The monoisotopic (exact) mass is 404 g/mol. The van der Waals surface area contributed by atoms with Crippen LogP contribution in [0, 0.1) is 6.92 Å². The lowest BCUT2D eigenvalue weighted by atomic mass is 9.84. The topological polar surface area (TPSA) is 18.5 Å². The van der Waals surface area contributed by atoms with Gasteiger partial charge in [0.15, 0.2) is 0 Å². The number of fused-ring (bicyclic) bond motifs is 2. The molecule has 0 saturated carbocycles. The first-order valence-corrected chi connectivity index (χ1v) is 10.4. The van der Waals surface area contributed by atoms with Gasteiger partial charge in [0.2, 0.25) is 0 Å². The molecule has 152 valence electrons. The van der Waals surface area contributed by atoms with Gasteiger partial charge in [-0.25, -0.2) is 0 Å². The van der Waals surface area contributed by atoms with E-state index < -0.39 is 0 Å². The lowest BCUT2D eigenvalue weighted by molar-refractivity contribution is 0.412. The van der Waals surface area contributed by atoms with E-state index in [2.05, 4.69) is 91.9 Å². The minimum Gasteiger partial charge on any atom is -0.497 e. The van der Waals surface area contributed by atoms with Crippen LogP contribution in [-0.2, 0) is 0 Å². The third-order valence-electron chi connectivity index (χ3n) is 6.04. The van der Waals surface area contributed by atoms with Crippen molar-refractivity contribution in [2.24, 2.45) is 0 Å². The van der Waals surface area contributed by atoms with Gasteiger partial charge in [0.25, 0.3) is 0 Å². The fourth-order valence-electron chi connectivity index (χ4n) is 4.62. The summed E-state index contributed by atoms with van der Waals surface area (Å²) in [6.07, 6.45) is 0. The second kappa shape index (κ2) is 7.81. The van der Waals surface area contributed by atoms with Crippen LogP contribution in [0.5, 0.6) is 11.5 Å². The number of ether oxygens (including phenoxy) is 2. The predicted molar refractivity (Wildman–Crippen MR) is 130 cm³/mol. The first kappa shape index (κ1) is 19.2. The van der Waals surface area contributed by atoms with E-state index in [0.29, 0.717) is 0 Å². The first-order valence-electron chi connectivity index (χ1n) is 10.4. The number of aryl methyl sites for hydroxylation is 1. The smallest absolute Gasteiger partial charge is 0.122 e. The van der Waals surface area contributed by atoms with Gasteiger partial charge in [-0.2, -0.15) is 0 Å². The Morgan fingerprint density at radius 3 is 1.77 bits per heavy atom. The second-order valence-electron chi connectivity index (χ2n) is 7.71. The number of rotatable bonds is 4. The highest BCUT2D eigenvalue weighted by Crippen LogP contribution is 2.47. The van der Waals surface area contributed by atoms with Crippen LogP contribution < -0.4 is 9.47 Å². The van der Waals surface area contributed by atoms with Crippen molar-refractivity contribution in [1.29, 1.82) is 0 Å². The van der Waals surface area contributed by atoms with Crippen LogP contribution in [0.15, 0.2) is 91.0 Å². The van der Waals surface area contributed by atoms with Crippen LogP contribution in [-0.4, -0.2) is 14.2 Å². The third kappa shape index (κ3) is 3.12. The molecule has 2 nitrogen and oxygen atoms in total. The molecule has 0 bridgehead atoms. The summed E-state index contributed by atoms with van der Waals surface area (Å²) in [5.41, 5.74) is 5.97. The van der Waals surface area contributed by atoms with Gasteiger partial charge in [0.1, 0.15) is 11.5 Å². The summed E-state index contributed by atoms with van der Waals surface area (Å²) >= 11 is 0. The Kier molecular flexibility index (Phi) is 4.83. The molecule has 0 atom stereocenters. The molecule has 0 aliphatic rings. The highest BCUT2D eigenvalue weighted by atomic mass is 16.5. The van der Waals surface area contributed by atoms with Crippen LogP contribution in [0.1, 0.15) is 5.56 Å². The lowest BCUT2D eigenvalue weighted by Crippen LogP contribution is -1.95. The lowest BCUT2D eigenvalue weighted by Gasteiger charge is -2.21. The maximum atomic E-state index is 5.72. The molecule has 5 rings (SSSR count). The minimum atomic E-state index is 0.855. The average Bonchev–Trinajstić information content (AvgIpc) is 2.83. The first-order chi connectivity index (χ1) is 15.2. The maximum Gasteiger partial charge on any atom is 0.122 e. The van der Waals surface area contributed by atoms with Gasteiger partial charge in [-0.3, -0.25) is 0 Å². The summed E-state index contributed by atoms with van der Waals surface area (Å²) in [6.45, 7) is 2.15. The van der Waals surface area contributed by atoms with Crippen molar-refractivity contribution >= 4 is 21.5 Å². The largest absolute Gasteiger partial charge is 0.497 e. The quantitative estimate of drug-likeness (QED) is 0.286. The van der Waals surface area contributed by atoms with E-state index in [-0.39, 0.29) is 0 Å². The van der Waals surface area contributed by atoms with Crippen molar-refractivity contribution in [2.45, 2.75) is 6.92 Å². The maximum absolute atomic E-state index is 5.72. The molecule has 0 saturated heterocycles. The molecule has 0 spiro atoms. The normalized spacial score (nSPS) is 11.1. The van der Waals surface area contributed by atoms with E-state index in [9.17, 15) is 0 Å². The van der Waals surface area contributed by atoms with E-state index in [1.807, 2.05) is 6.07 Å². The predicted octanol–water partition coefficient (Wildman–Crippen LogP) is 7.65. The van der Waals surface area contributed by atoms with Crippen molar-refractivity contribution in [3.05, 3.63) is 96.6 Å². The van der Waals surface area contributed by atoms with Gasteiger partial charge in [-0.05, 0) is 74.5 Å².